The minimum Gasteiger partial charge on any atom is -0.272 e. The maximum absolute atomic E-state index is 12.3. The number of nitrogens with zero attached hydrogens (tertiary/aromatic N) is 2. The van der Waals surface area contributed by atoms with Gasteiger partial charge in [0.1, 0.15) is 0 Å². The van der Waals surface area contributed by atoms with Gasteiger partial charge in [0.05, 0.1) is 10.6 Å². The molecule has 1 aromatic heterocycles. The van der Waals surface area contributed by atoms with Gasteiger partial charge in [0.25, 0.3) is 0 Å². The summed E-state index contributed by atoms with van der Waals surface area (Å²) >= 11 is 0. The first kappa shape index (κ1) is 14.7. The lowest BCUT2D eigenvalue weighted by Gasteiger charge is -2.09. The molecule has 2 rings (SSSR count). The topological polar surface area (TPSA) is 64.0 Å². The highest BCUT2D eigenvalue weighted by atomic mass is 32.2. The molecule has 1 aromatic carbocycles. The van der Waals surface area contributed by atoms with E-state index in [0.29, 0.717) is 4.90 Å². The Morgan fingerprint density at radius 2 is 1.85 bits per heavy atom. The predicted molar refractivity (Wildman–Crippen MR) is 77.9 cm³/mol. The molecule has 0 atom stereocenters. The van der Waals surface area contributed by atoms with Crippen LogP contribution in [0.15, 0.2) is 29.2 Å². The average Bonchev–Trinajstić information content (AvgIpc) is 2.61. The van der Waals surface area contributed by atoms with Crippen molar-refractivity contribution in [3.8, 4) is 0 Å². The molecule has 0 aliphatic rings. The molecule has 0 aliphatic carbocycles. The number of sulfonamides is 1. The van der Waals surface area contributed by atoms with Crippen molar-refractivity contribution < 1.29 is 8.42 Å². The second-order valence-electron chi connectivity index (χ2n) is 4.86. The summed E-state index contributed by atoms with van der Waals surface area (Å²) in [6, 6.07) is 6.95. The maximum atomic E-state index is 12.3. The van der Waals surface area contributed by atoms with E-state index in [2.05, 4.69) is 9.82 Å². The van der Waals surface area contributed by atoms with Crippen LogP contribution in [-0.2, 0) is 23.6 Å². The van der Waals surface area contributed by atoms with Crippen molar-refractivity contribution in [3.05, 3.63) is 46.8 Å². The van der Waals surface area contributed by atoms with Gasteiger partial charge in [-0.2, -0.15) is 5.10 Å². The third-order valence-electron chi connectivity index (χ3n) is 3.48. The van der Waals surface area contributed by atoms with Crippen LogP contribution in [0, 0.1) is 20.8 Å². The normalized spacial score (nSPS) is 11.8. The molecule has 5 nitrogen and oxygen atoms in total. The summed E-state index contributed by atoms with van der Waals surface area (Å²) in [6.07, 6.45) is 0. The van der Waals surface area contributed by atoms with Crippen molar-refractivity contribution in [1.82, 2.24) is 14.5 Å². The third kappa shape index (κ3) is 2.76. The molecular weight excluding hydrogens is 274 g/mol. The van der Waals surface area contributed by atoms with E-state index >= 15 is 0 Å². The largest absolute Gasteiger partial charge is 0.272 e. The van der Waals surface area contributed by atoms with Crippen molar-refractivity contribution >= 4 is 10.0 Å². The van der Waals surface area contributed by atoms with Crippen molar-refractivity contribution in [2.45, 2.75) is 32.2 Å². The molecule has 0 unspecified atom stereocenters. The number of rotatable bonds is 4. The number of nitrogens with one attached hydrogen (secondary N) is 1. The molecule has 6 heteroatoms. The van der Waals surface area contributed by atoms with Crippen LogP contribution in [-0.4, -0.2) is 18.2 Å². The van der Waals surface area contributed by atoms with Gasteiger partial charge in [-0.25, -0.2) is 13.1 Å². The van der Waals surface area contributed by atoms with Crippen molar-refractivity contribution in [2.24, 2.45) is 7.05 Å². The fourth-order valence-corrected chi connectivity index (χ4v) is 3.42. The highest BCUT2D eigenvalue weighted by Crippen LogP contribution is 2.16. The van der Waals surface area contributed by atoms with Crippen LogP contribution in [0.3, 0.4) is 0 Å². The Morgan fingerprint density at radius 1 is 1.20 bits per heavy atom. The number of hydrogen-bond donors (Lipinski definition) is 1. The second-order valence-corrected chi connectivity index (χ2v) is 6.60. The lowest BCUT2D eigenvalue weighted by atomic mass is 10.2. The summed E-state index contributed by atoms with van der Waals surface area (Å²) in [7, 11) is -1.65. The van der Waals surface area contributed by atoms with E-state index < -0.39 is 10.0 Å². The van der Waals surface area contributed by atoms with Gasteiger partial charge < -0.3 is 0 Å². The molecule has 0 amide bonds. The molecule has 0 fully saturated rings. The zero-order chi connectivity index (χ0) is 14.9. The van der Waals surface area contributed by atoms with Crippen molar-refractivity contribution in [1.29, 1.82) is 0 Å². The van der Waals surface area contributed by atoms with E-state index in [1.807, 2.05) is 27.0 Å². The SMILES string of the molecule is Cc1ccccc1S(=O)(=O)NCc1c(C)nn(C)c1C. The monoisotopic (exact) mass is 293 g/mol. The third-order valence-corrected chi connectivity index (χ3v) is 5.04. The second kappa shape index (κ2) is 5.38. The van der Waals surface area contributed by atoms with Crippen molar-refractivity contribution in [2.75, 3.05) is 0 Å². The summed E-state index contributed by atoms with van der Waals surface area (Å²) in [5.74, 6) is 0. The van der Waals surface area contributed by atoms with E-state index in [0.717, 1.165) is 22.5 Å². The molecule has 0 saturated carbocycles. The molecule has 1 N–H and O–H groups in total. The fraction of sp³-hybridized carbons (Fsp3) is 0.357. The molecule has 1 heterocycles. The van der Waals surface area contributed by atoms with Gasteiger partial charge in [0.2, 0.25) is 10.0 Å². The van der Waals surface area contributed by atoms with Gasteiger partial charge in [0, 0.05) is 24.8 Å². The summed E-state index contributed by atoms with van der Waals surface area (Å²) in [5, 5.41) is 4.28. The number of benzene rings is 1. The molecular formula is C14H19N3O2S. The van der Waals surface area contributed by atoms with Gasteiger partial charge in [-0.3, -0.25) is 4.68 Å². The molecule has 0 radical (unpaired) electrons. The summed E-state index contributed by atoms with van der Waals surface area (Å²) in [5.41, 5.74) is 3.47. The predicted octanol–water partition coefficient (Wildman–Crippen LogP) is 1.82. The minimum absolute atomic E-state index is 0.252. The Kier molecular flexibility index (Phi) is 3.96. The number of aryl methyl sites for hydroxylation is 3. The van der Waals surface area contributed by atoms with Gasteiger partial charge >= 0.3 is 0 Å². The van der Waals surface area contributed by atoms with E-state index in [-0.39, 0.29) is 6.54 Å². The summed E-state index contributed by atoms with van der Waals surface area (Å²) < 4.78 is 29.0. The Labute approximate surface area is 119 Å². The van der Waals surface area contributed by atoms with Gasteiger partial charge in [-0.1, -0.05) is 18.2 Å². The molecule has 0 saturated heterocycles. The van der Waals surface area contributed by atoms with E-state index in [1.165, 1.54) is 0 Å². The number of hydrogen-bond acceptors (Lipinski definition) is 3. The van der Waals surface area contributed by atoms with Gasteiger partial charge in [-0.05, 0) is 32.4 Å². The van der Waals surface area contributed by atoms with Crippen LogP contribution in [0.1, 0.15) is 22.5 Å². The Bertz CT molecular complexity index is 733. The quantitative estimate of drug-likeness (QED) is 0.935. The van der Waals surface area contributed by atoms with Gasteiger partial charge in [-0.15, -0.1) is 0 Å². The van der Waals surface area contributed by atoms with Crippen molar-refractivity contribution in [3.63, 3.8) is 0 Å². The summed E-state index contributed by atoms with van der Waals surface area (Å²) in [4.78, 5) is 0.319. The smallest absolute Gasteiger partial charge is 0.241 e. The summed E-state index contributed by atoms with van der Waals surface area (Å²) in [6.45, 7) is 5.85. The van der Waals surface area contributed by atoms with Crippen LogP contribution < -0.4 is 4.72 Å². The van der Waals surface area contributed by atoms with Crippen LogP contribution in [0.2, 0.25) is 0 Å². The maximum Gasteiger partial charge on any atom is 0.241 e. The van der Waals surface area contributed by atoms with E-state index in [4.69, 9.17) is 0 Å². The first-order valence-electron chi connectivity index (χ1n) is 6.37. The Morgan fingerprint density at radius 3 is 2.40 bits per heavy atom. The molecule has 20 heavy (non-hydrogen) atoms. The molecule has 0 aliphatic heterocycles. The first-order chi connectivity index (χ1) is 9.33. The molecule has 0 spiro atoms. The van der Waals surface area contributed by atoms with E-state index in [1.54, 1.807) is 29.8 Å². The molecule has 108 valence electrons. The van der Waals surface area contributed by atoms with Crippen LogP contribution in [0.25, 0.3) is 0 Å². The Hall–Kier alpha value is -1.66. The zero-order valence-corrected chi connectivity index (χ0v) is 13.0. The van der Waals surface area contributed by atoms with E-state index in [9.17, 15) is 8.42 Å². The highest BCUT2D eigenvalue weighted by Gasteiger charge is 2.18. The lowest BCUT2D eigenvalue weighted by molar-refractivity contribution is 0.580. The highest BCUT2D eigenvalue weighted by molar-refractivity contribution is 7.89. The average molecular weight is 293 g/mol. The fourth-order valence-electron chi connectivity index (χ4n) is 2.18. The standard InChI is InChI=1S/C14H19N3O2S/c1-10-7-5-6-8-14(10)20(18,19)15-9-13-11(2)16-17(4)12(13)3/h5-8,15H,9H2,1-4H3. The Balaban J connectivity index is 2.24. The first-order valence-corrected chi connectivity index (χ1v) is 7.85. The number of aromatic nitrogens is 2. The van der Waals surface area contributed by atoms with Crippen LogP contribution >= 0.6 is 0 Å². The zero-order valence-electron chi connectivity index (χ0n) is 12.1. The van der Waals surface area contributed by atoms with Gasteiger partial charge in [0.15, 0.2) is 0 Å². The minimum atomic E-state index is -3.50. The van der Waals surface area contributed by atoms with Crippen LogP contribution in [0.5, 0.6) is 0 Å². The molecule has 0 bridgehead atoms. The lowest BCUT2D eigenvalue weighted by Crippen LogP contribution is -2.24. The molecule has 2 aromatic rings. The van der Waals surface area contributed by atoms with Crippen LogP contribution in [0.4, 0.5) is 0 Å².